The molecule has 0 radical (unpaired) electrons. The number of methoxy groups -OCH3 is 1. The SMILES string of the molecule is COc1ccc(Cn2c(O)c(C(=O)c3oc4cc(C)c(C)cc4c3C)c(C)c(C#N)c2=O)cc1. The number of carbonyl (C=O) groups excluding carboxylic acids is 1. The molecule has 4 aromatic rings. The van der Waals surface area contributed by atoms with E-state index in [1.54, 1.807) is 38.3 Å². The van der Waals surface area contributed by atoms with Crippen LogP contribution in [0.15, 0.2) is 45.6 Å². The summed E-state index contributed by atoms with van der Waals surface area (Å²) in [6.45, 7) is 7.17. The Morgan fingerprint density at radius 1 is 1.09 bits per heavy atom. The van der Waals surface area contributed by atoms with Crippen LogP contribution in [0.5, 0.6) is 11.6 Å². The molecule has 0 aliphatic carbocycles. The molecule has 2 heterocycles. The molecule has 2 aromatic heterocycles. The Bertz CT molecular complexity index is 1550. The van der Waals surface area contributed by atoms with Gasteiger partial charge in [0.2, 0.25) is 11.7 Å². The van der Waals surface area contributed by atoms with Crippen LogP contribution in [0.1, 0.15) is 49.5 Å². The van der Waals surface area contributed by atoms with Crippen LogP contribution < -0.4 is 10.3 Å². The van der Waals surface area contributed by atoms with E-state index >= 15 is 0 Å². The van der Waals surface area contributed by atoms with E-state index in [0.29, 0.717) is 22.5 Å². The maximum Gasteiger partial charge on any atom is 0.271 e. The van der Waals surface area contributed by atoms with E-state index < -0.39 is 17.2 Å². The fraction of sp³-hybridized carbons (Fsp3) is 0.222. The number of furan rings is 1. The summed E-state index contributed by atoms with van der Waals surface area (Å²) in [4.78, 5) is 26.6. The second-order valence-corrected chi connectivity index (χ2v) is 8.37. The minimum Gasteiger partial charge on any atom is -0.497 e. The number of aromatic hydroxyl groups is 1. The Kier molecular flexibility index (Phi) is 5.76. The van der Waals surface area contributed by atoms with Crippen molar-refractivity contribution in [1.29, 1.82) is 5.26 Å². The molecule has 0 atom stereocenters. The highest BCUT2D eigenvalue weighted by molar-refractivity contribution is 6.12. The van der Waals surface area contributed by atoms with Gasteiger partial charge in [0.05, 0.1) is 19.2 Å². The number of ether oxygens (including phenoxy) is 1. The molecule has 0 spiro atoms. The highest BCUT2D eigenvalue weighted by Crippen LogP contribution is 2.32. The first-order valence-electron chi connectivity index (χ1n) is 10.7. The second-order valence-electron chi connectivity index (χ2n) is 8.37. The van der Waals surface area contributed by atoms with E-state index in [1.165, 1.54) is 6.92 Å². The van der Waals surface area contributed by atoms with Crippen molar-refractivity contribution < 1.29 is 19.1 Å². The molecule has 7 heteroatoms. The van der Waals surface area contributed by atoms with Gasteiger partial charge in [-0.1, -0.05) is 12.1 Å². The molecule has 0 bridgehead atoms. The number of pyridine rings is 1. The van der Waals surface area contributed by atoms with Gasteiger partial charge in [0.25, 0.3) is 5.56 Å². The third kappa shape index (κ3) is 3.63. The third-order valence-corrected chi connectivity index (χ3v) is 6.29. The van der Waals surface area contributed by atoms with Gasteiger partial charge in [0.15, 0.2) is 5.76 Å². The Morgan fingerprint density at radius 3 is 2.35 bits per heavy atom. The predicted molar refractivity (Wildman–Crippen MR) is 128 cm³/mol. The minimum atomic E-state index is -0.669. The number of carbonyl (C=O) groups is 1. The summed E-state index contributed by atoms with van der Waals surface area (Å²) in [6.07, 6.45) is 0. The molecule has 0 aliphatic heterocycles. The number of fused-ring (bicyclic) bond motifs is 1. The van der Waals surface area contributed by atoms with E-state index in [-0.39, 0.29) is 29.0 Å². The topological polar surface area (TPSA) is 105 Å². The molecular formula is C27H24N2O5. The zero-order chi connectivity index (χ0) is 24.7. The lowest BCUT2D eigenvalue weighted by Gasteiger charge is -2.15. The molecule has 7 nitrogen and oxygen atoms in total. The first-order valence-corrected chi connectivity index (χ1v) is 10.7. The van der Waals surface area contributed by atoms with Gasteiger partial charge in [0.1, 0.15) is 23.0 Å². The van der Waals surface area contributed by atoms with Crippen LogP contribution in [0, 0.1) is 39.0 Å². The smallest absolute Gasteiger partial charge is 0.271 e. The number of hydrogen-bond donors (Lipinski definition) is 1. The lowest BCUT2D eigenvalue weighted by molar-refractivity contribution is 0.101. The summed E-state index contributed by atoms with van der Waals surface area (Å²) in [6, 6.07) is 12.7. The van der Waals surface area contributed by atoms with Gasteiger partial charge < -0.3 is 14.3 Å². The molecule has 4 rings (SSSR count). The molecule has 2 aromatic carbocycles. The van der Waals surface area contributed by atoms with E-state index in [1.807, 2.05) is 32.0 Å². The first kappa shape index (κ1) is 22.9. The largest absolute Gasteiger partial charge is 0.497 e. The molecule has 0 saturated heterocycles. The maximum absolute atomic E-state index is 13.6. The zero-order valence-electron chi connectivity index (χ0n) is 19.6. The van der Waals surface area contributed by atoms with Crippen molar-refractivity contribution in [3.05, 3.63) is 91.5 Å². The Hall–Kier alpha value is -4.31. The number of rotatable bonds is 5. The van der Waals surface area contributed by atoms with Crippen LogP contribution in [0.2, 0.25) is 0 Å². The van der Waals surface area contributed by atoms with Crippen molar-refractivity contribution in [2.24, 2.45) is 0 Å². The highest BCUT2D eigenvalue weighted by atomic mass is 16.5. The average Bonchev–Trinajstić information content (AvgIpc) is 3.13. The van der Waals surface area contributed by atoms with Crippen LogP contribution in [0.25, 0.3) is 11.0 Å². The monoisotopic (exact) mass is 456 g/mol. The summed E-state index contributed by atoms with van der Waals surface area (Å²) < 4.78 is 12.1. The van der Waals surface area contributed by atoms with Crippen molar-refractivity contribution in [1.82, 2.24) is 4.57 Å². The average molecular weight is 456 g/mol. The van der Waals surface area contributed by atoms with Gasteiger partial charge in [-0.15, -0.1) is 0 Å². The molecule has 0 saturated carbocycles. The van der Waals surface area contributed by atoms with Crippen molar-refractivity contribution in [2.45, 2.75) is 34.2 Å². The number of hydrogen-bond acceptors (Lipinski definition) is 6. The molecule has 172 valence electrons. The summed E-state index contributed by atoms with van der Waals surface area (Å²) in [5.41, 5.74) is 3.10. The van der Waals surface area contributed by atoms with Gasteiger partial charge in [0, 0.05) is 10.9 Å². The maximum atomic E-state index is 13.6. The van der Waals surface area contributed by atoms with E-state index in [0.717, 1.165) is 21.1 Å². The molecule has 0 aliphatic rings. The van der Waals surface area contributed by atoms with Crippen molar-refractivity contribution in [2.75, 3.05) is 7.11 Å². The second kappa shape index (κ2) is 8.56. The number of nitrogens with zero attached hydrogens (tertiary/aromatic N) is 2. The normalized spacial score (nSPS) is 10.9. The number of aryl methyl sites for hydroxylation is 3. The van der Waals surface area contributed by atoms with Crippen LogP contribution in [0.3, 0.4) is 0 Å². The first-order chi connectivity index (χ1) is 16.2. The predicted octanol–water partition coefficient (Wildman–Crippen LogP) is 4.69. The van der Waals surface area contributed by atoms with Crippen molar-refractivity contribution in [3.63, 3.8) is 0 Å². The third-order valence-electron chi connectivity index (χ3n) is 6.29. The molecular weight excluding hydrogens is 432 g/mol. The van der Waals surface area contributed by atoms with Gasteiger partial charge in [-0.3, -0.25) is 14.2 Å². The molecule has 34 heavy (non-hydrogen) atoms. The highest BCUT2D eigenvalue weighted by Gasteiger charge is 2.29. The van der Waals surface area contributed by atoms with Crippen LogP contribution in [-0.4, -0.2) is 22.6 Å². The van der Waals surface area contributed by atoms with Crippen LogP contribution in [-0.2, 0) is 6.54 Å². The lowest BCUT2D eigenvalue weighted by atomic mass is 9.98. The molecule has 0 unspecified atom stereocenters. The number of benzene rings is 2. The molecule has 0 amide bonds. The van der Waals surface area contributed by atoms with Gasteiger partial charge in [-0.05, 0) is 74.2 Å². The fourth-order valence-corrected chi connectivity index (χ4v) is 4.09. The Labute approximate surface area is 196 Å². The standard InChI is InChI=1S/C27H24N2O5/c1-14-10-20-17(4)25(34-22(20)11-15(14)2)24(30)23-16(3)21(12-28)26(31)29(27(23)32)13-18-6-8-19(33-5)9-7-18/h6-11,32H,13H2,1-5H3. The van der Waals surface area contributed by atoms with Crippen molar-refractivity contribution in [3.8, 4) is 17.7 Å². The van der Waals surface area contributed by atoms with Gasteiger partial charge in [-0.25, -0.2) is 0 Å². The number of aromatic nitrogens is 1. The quantitative estimate of drug-likeness (QED) is 0.437. The van der Waals surface area contributed by atoms with E-state index in [4.69, 9.17) is 9.15 Å². The van der Waals surface area contributed by atoms with Crippen LogP contribution in [0.4, 0.5) is 0 Å². The lowest BCUT2D eigenvalue weighted by Crippen LogP contribution is -2.27. The Balaban J connectivity index is 1.89. The summed E-state index contributed by atoms with van der Waals surface area (Å²) in [7, 11) is 1.55. The minimum absolute atomic E-state index is 0.0264. The summed E-state index contributed by atoms with van der Waals surface area (Å²) >= 11 is 0. The van der Waals surface area contributed by atoms with Gasteiger partial charge >= 0.3 is 0 Å². The zero-order valence-corrected chi connectivity index (χ0v) is 19.6. The van der Waals surface area contributed by atoms with E-state index in [2.05, 4.69) is 0 Å². The Morgan fingerprint density at radius 2 is 1.74 bits per heavy atom. The van der Waals surface area contributed by atoms with E-state index in [9.17, 15) is 20.0 Å². The summed E-state index contributed by atoms with van der Waals surface area (Å²) in [5.74, 6) is -0.380. The van der Waals surface area contributed by atoms with Gasteiger partial charge in [-0.2, -0.15) is 5.26 Å². The van der Waals surface area contributed by atoms with Crippen molar-refractivity contribution >= 4 is 16.8 Å². The van der Waals surface area contributed by atoms with Crippen LogP contribution >= 0.6 is 0 Å². The molecule has 0 fully saturated rings. The summed E-state index contributed by atoms with van der Waals surface area (Å²) in [5, 5.41) is 21.5. The fourth-order valence-electron chi connectivity index (χ4n) is 4.09. The molecule has 1 N–H and O–H groups in total. The number of nitriles is 1. The number of ketones is 1.